The zero-order chi connectivity index (χ0) is 12.8. The van der Waals surface area contributed by atoms with Crippen LogP contribution in [0.5, 0.6) is 0 Å². The van der Waals surface area contributed by atoms with E-state index in [1.807, 2.05) is 6.92 Å². The van der Waals surface area contributed by atoms with Gasteiger partial charge in [0.05, 0.1) is 11.0 Å². The Bertz CT molecular complexity index is 398. The number of nitro benzene ring substituents is 1. The number of benzene rings is 1. The molecule has 1 unspecified atom stereocenters. The minimum Gasteiger partial charge on any atom is -0.392 e. The molecule has 6 heteroatoms. The van der Waals surface area contributed by atoms with E-state index in [0.717, 1.165) is 0 Å². The van der Waals surface area contributed by atoms with Crippen LogP contribution in [0.4, 0.5) is 5.69 Å². The lowest BCUT2D eigenvalue weighted by atomic mass is 10.1. The maximum absolute atomic E-state index is 10.8. The maximum atomic E-state index is 10.8. The van der Waals surface area contributed by atoms with Crippen molar-refractivity contribution in [3.63, 3.8) is 0 Å². The predicted molar refractivity (Wildman–Crippen MR) is 66.1 cm³/mol. The standard InChI is InChI=1S/C11H15ClN2O3/c1-2-10(15)7-13-6-8-3-4-9(12)5-11(8)14(16)17/h3-5,10,13,15H,2,6-7H2,1H3. The normalized spacial score (nSPS) is 12.4. The van der Waals surface area contributed by atoms with Gasteiger partial charge in [-0.3, -0.25) is 10.1 Å². The summed E-state index contributed by atoms with van der Waals surface area (Å²) in [4.78, 5) is 10.3. The number of aliphatic hydroxyl groups is 1. The Hall–Kier alpha value is -1.17. The van der Waals surface area contributed by atoms with E-state index >= 15 is 0 Å². The van der Waals surface area contributed by atoms with Crippen LogP contribution in [0.15, 0.2) is 18.2 Å². The highest BCUT2D eigenvalue weighted by Crippen LogP contribution is 2.22. The molecule has 1 aromatic rings. The van der Waals surface area contributed by atoms with E-state index in [0.29, 0.717) is 30.1 Å². The Morgan fingerprint density at radius 3 is 2.88 bits per heavy atom. The first-order valence-corrected chi connectivity index (χ1v) is 5.74. The van der Waals surface area contributed by atoms with Crippen LogP contribution < -0.4 is 5.32 Å². The zero-order valence-corrected chi connectivity index (χ0v) is 10.3. The molecule has 5 nitrogen and oxygen atoms in total. The number of nitrogens with zero attached hydrogens (tertiary/aromatic N) is 1. The molecule has 94 valence electrons. The molecule has 0 aromatic heterocycles. The van der Waals surface area contributed by atoms with Gasteiger partial charge < -0.3 is 10.4 Å². The van der Waals surface area contributed by atoms with Crippen molar-refractivity contribution in [2.45, 2.75) is 26.0 Å². The van der Waals surface area contributed by atoms with Crippen molar-refractivity contribution >= 4 is 17.3 Å². The second kappa shape index (κ2) is 6.54. The summed E-state index contributed by atoms with van der Waals surface area (Å²) in [6.07, 6.45) is 0.219. The highest BCUT2D eigenvalue weighted by molar-refractivity contribution is 6.30. The third kappa shape index (κ3) is 4.30. The minimum atomic E-state index is -0.459. The Kier molecular flexibility index (Phi) is 5.34. The third-order valence-corrected chi connectivity index (χ3v) is 2.65. The van der Waals surface area contributed by atoms with Crippen LogP contribution in [0.1, 0.15) is 18.9 Å². The van der Waals surface area contributed by atoms with Gasteiger partial charge >= 0.3 is 0 Å². The molecule has 0 heterocycles. The second-order valence-electron chi connectivity index (χ2n) is 3.72. The Balaban J connectivity index is 2.67. The molecule has 0 bridgehead atoms. The molecule has 0 fully saturated rings. The first-order chi connectivity index (χ1) is 8.04. The Labute approximate surface area is 105 Å². The van der Waals surface area contributed by atoms with Crippen molar-refractivity contribution < 1.29 is 10.0 Å². The summed E-state index contributed by atoms with van der Waals surface area (Å²) in [5.74, 6) is 0. The summed E-state index contributed by atoms with van der Waals surface area (Å²) in [5, 5.41) is 23.4. The molecule has 0 aliphatic rings. The molecule has 0 amide bonds. The van der Waals surface area contributed by atoms with Crippen LogP contribution in [0.3, 0.4) is 0 Å². The molecular formula is C11H15ClN2O3. The SMILES string of the molecule is CCC(O)CNCc1ccc(Cl)cc1[N+](=O)[O-]. The first kappa shape index (κ1) is 13.9. The smallest absolute Gasteiger partial charge is 0.275 e. The lowest BCUT2D eigenvalue weighted by Crippen LogP contribution is -2.25. The van der Waals surface area contributed by atoms with E-state index in [1.54, 1.807) is 12.1 Å². The highest BCUT2D eigenvalue weighted by atomic mass is 35.5. The highest BCUT2D eigenvalue weighted by Gasteiger charge is 2.13. The molecule has 0 radical (unpaired) electrons. The fourth-order valence-corrected chi connectivity index (χ4v) is 1.54. The van der Waals surface area contributed by atoms with E-state index in [9.17, 15) is 15.2 Å². The van der Waals surface area contributed by atoms with Crippen molar-refractivity contribution in [2.75, 3.05) is 6.54 Å². The predicted octanol–water partition coefficient (Wildman–Crippen LogP) is 2.11. The zero-order valence-electron chi connectivity index (χ0n) is 9.52. The van der Waals surface area contributed by atoms with Gasteiger partial charge in [-0.05, 0) is 18.6 Å². The number of hydrogen-bond donors (Lipinski definition) is 2. The lowest BCUT2D eigenvalue weighted by Gasteiger charge is -2.09. The summed E-state index contributed by atoms with van der Waals surface area (Å²) in [5.41, 5.74) is 0.554. The average Bonchev–Trinajstić information content (AvgIpc) is 2.30. The monoisotopic (exact) mass is 258 g/mol. The molecule has 2 N–H and O–H groups in total. The molecular weight excluding hydrogens is 244 g/mol. The van der Waals surface area contributed by atoms with Gasteiger partial charge in [-0.25, -0.2) is 0 Å². The van der Waals surface area contributed by atoms with Gasteiger partial charge in [0.1, 0.15) is 0 Å². The first-order valence-electron chi connectivity index (χ1n) is 5.36. The molecule has 0 spiro atoms. The quantitative estimate of drug-likeness (QED) is 0.605. The minimum absolute atomic E-state index is 0.00371. The summed E-state index contributed by atoms with van der Waals surface area (Å²) < 4.78 is 0. The van der Waals surface area contributed by atoms with Gasteiger partial charge in [-0.1, -0.05) is 18.5 Å². The van der Waals surface area contributed by atoms with Crippen LogP contribution in [-0.2, 0) is 6.54 Å². The molecule has 17 heavy (non-hydrogen) atoms. The number of nitrogens with one attached hydrogen (secondary N) is 1. The topological polar surface area (TPSA) is 75.4 Å². The average molecular weight is 259 g/mol. The van der Waals surface area contributed by atoms with E-state index in [4.69, 9.17) is 11.6 Å². The molecule has 0 aliphatic heterocycles. The van der Waals surface area contributed by atoms with Crippen molar-refractivity contribution in [3.05, 3.63) is 38.9 Å². The Morgan fingerprint density at radius 1 is 1.59 bits per heavy atom. The van der Waals surface area contributed by atoms with E-state index in [1.165, 1.54) is 6.07 Å². The summed E-state index contributed by atoms with van der Waals surface area (Å²) >= 11 is 5.70. The second-order valence-corrected chi connectivity index (χ2v) is 4.16. The lowest BCUT2D eigenvalue weighted by molar-refractivity contribution is -0.385. The van der Waals surface area contributed by atoms with Crippen LogP contribution >= 0.6 is 11.6 Å². The van der Waals surface area contributed by atoms with Gasteiger partial charge in [-0.2, -0.15) is 0 Å². The van der Waals surface area contributed by atoms with Crippen molar-refractivity contribution in [1.82, 2.24) is 5.32 Å². The fourth-order valence-electron chi connectivity index (χ4n) is 1.37. The van der Waals surface area contributed by atoms with E-state index in [-0.39, 0.29) is 5.69 Å². The number of hydrogen-bond acceptors (Lipinski definition) is 4. The summed E-state index contributed by atoms with van der Waals surface area (Å²) in [6.45, 7) is 2.62. The van der Waals surface area contributed by atoms with Gasteiger partial charge in [-0.15, -0.1) is 0 Å². The van der Waals surface area contributed by atoms with Gasteiger partial charge in [0, 0.05) is 29.7 Å². The molecule has 1 aromatic carbocycles. The van der Waals surface area contributed by atoms with Crippen LogP contribution in [0.25, 0.3) is 0 Å². The van der Waals surface area contributed by atoms with Crippen LogP contribution in [0.2, 0.25) is 5.02 Å². The number of aliphatic hydroxyl groups excluding tert-OH is 1. The van der Waals surface area contributed by atoms with Crippen LogP contribution in [-0.4, -0.2) is 22.7 Å². The summed E-state index contributed by atoms with van der Waals surface area (Å²) in [6, 6.07) is 4.56. The van der Waals surface area contributed by atoms with Gasteiger partial charge in [0.2, 0.25) is 0 Å². The number of nitro groups is 1. The molecule has 0 aliphatic carbocycles. The number of halogens is 1. The third-order valence-electron chi connectivity index (χ3n) is 2.41. The van der Waals surface area contributed by atoms with E-state index < -0.39 is 11.0 Å². The maximum Gasteiger partial charge on any atom is 0.275 e. The van der Waals surface area contributed by atoms with Crippen molar-refractivity contribution in [1.29, 1.82) is 0 Å². The van der Waals surface area contributed by atoms with Crippen LogP contribution in [0, 0.1) is 10.1 Å². The largest absolute Gasteiger partial charge is 0.392 e. The molecule has 0 saturated carbocycles. The van der Waals surface area contributed by atoms with Gasteiger partial charge in [0.15, 0.2) is 0 Å². The molecule has 1 atom stereocenters. The fraction of sp³-hybridized carbons (Fsp3) is 0.455. The Morgan fingerprint density at radius 2 is 2.29 bits per heavy atom. The van der Waals surface area contributed by atoms with E-state index in [2.05, 4.69) is 5.32 Å². The van der Waals surface area contributed by atoms with Crippen molar-refractivity contribution in [2.24, 2.45) is 0 Å². The molecule has 1 rings (SSSR count). The van der Waals surface area contributed by atoms with Crippen molar-refractivity contribution in [3.8, 4) is 0 Å². The molecule has 0 saturated heterocycles. The number of rotatable bonds is 6. The van der Waals surface area contributed by atoms with Gasteiger partial charge in [0.25, 0.3) is 5.69 Å². The summed E-state index contributed by atoms with van der Waals surface area (Å²) in [7, 11) is 0.